The fourth-order valence-electron chi connectivity index (χ4n) is 4.15. The molecule has 3 aromatic rings. The molecule has 4 rings (SSSR count). The highest BCUT2D eigenvalue weighted by atomic mass is 16.3. The molecule has 0 unspecified atom stereocenters. The zero-order valence-corrected chi connectivity index (χ0v) is 17.1. The van der Waals surface area contributed by atoms with Crippen LogP contribution in [0.5, 0.6) is 0 Å². The molecule has 1 aliphatic rings. The first-order valence-electron chi connectivity index (χ1n) is 10.1. The Balaban J connectivity index is 1.63. The highest BCUT2D eigenvalue weighted by Gasteiger charge is 2.30. The number of piperidine rings is 1. The van der Waals surface area contributed by atoms with E-state index in [1.807, 2.05) is 73.1 Å². The molecule has 1 aromatic carbocycles. The zero-order chi connectivity index (χ0) is 20.4. The number of nitrogens with zero attached hydrogens (tertiary/aromatic N) is 4. The molecule has 0 spiro atoms. The number of hydrogen-bond donors (Lipinski definition) is 1. The lowest BCUT2D eigenvalue weighted by Gasteiger charge is -2.36. The molecule has 0 bridgehead atoms. The Hall–Kier alpha value is -2.70. The first kappa shape index (κ1) is 19.6. The Morgan fingerprint density at radius 1 is 1.21 bits per heavy atom. The van der Waals surface area contributed by atoms with E-state index in [0.29, 0.717) is 25.3 Å². The van der Waals surface area contributed by atoms with Gasteiger partial charge in [-0.15, -0.1) is 0 Å². The molecular weight excluding hydrogens is 364 g/mol. The van der Waals surface area contributed by atoms with Gasteiger partial charge < -0.3 is 14.4 Å². The molecule has 1 N–H and O–H groups in total. The molecule has 2 aromatic heterocycles. The van der Waals surface area contributed by atoms with Crippen molar-refractivity contribution < 1.29 is 9.90 Å². The van der Waals surface area contributed by atoms with Gasteiger partial charge in [-0.3, -0.25) is 9.69 Å². The number of carbonyl (C=O) groups excluding carboxylic acids is 1. The first-order valence-corrected chi connectivity index (χ1v) is 10.1. The second kappa shape index (κ2) is 7.97. The van der Waals surface area contributed by atoms with Crippen LogP contribution in [0.4, 0.5) is 0 Å². The number of likely N-dealkylation sites (tertiary alicyclic amines) is 1. The van der Waals surface area contributed by atoms with Crippen LogP contribution in [0.2, 0.25) is 0 Å². The number of fused-ring (bicyclic) bond motifs is 1. The third-order valence-corrected chi connectivity index (χ3v) is 5.57. The molecule has 0 saturated carbocycles. The molecule has 3 heterocycles. The fourth-order valence-corrected chi connectivity index (χ4v) is 4.15. The van der Waals surface area contributed by atoms with Crippen LogP contribution in [0, 0.1) is 0 Å². The number of carbonyl (C=O) groups is 1. The van der Waals surface area contributed by atoms with E-state index >= 15 is 0 Å². The summed E-state index contributed by atoms with van der Waals surface area (Å²) in [5.74, 6) is -0.0867. The predicted molar refractivity (Wildman–Crippen MR) is 113 cm³/mol. The highest BCUT2D eigenvalue weighted by Crippen LogP contribution is 2.24. The summed E-state index contributed by atoms with van der Waals surface area (Å²) in [7, 11) is 1.81. The van der Waals surface area contributed by atoms with Crippen molar-refractivity contribution in [2.75, 3.05) is 20.1 Å². The summed E-state index contributed by atoms with van der Waals surface area (Å²) < 4.78 is 1.99. The minimum absolute atomic E-state index is 0.0867. The molecule has 152 valence electrons. The van der Waals surface area contributed by atoms with E-state index in [1.54, 1.807) is 4.90 Å². The highest BCUT2D eigenvalue weighted by molar-refractivity contribution is 5.94. The number of hydrogen-bond acceptors (Lipinski definition) is 4. The van der Waals surface area contributed by atoms with Crippen LogP contribution in [-0.4, -0.2) is 55.9 Å². The monoisotopic (exact) mass is 392 g/mol. The number of aliphatic hydroxyl groups is 1. The summed E-state index contributed by atoms with van der Waals surface area (Å²) in [5, 5.41) is 10.5. The SMILES string of the molecule is CN(Cc1ccccc1)C(=O)c1nc2ccccn2c1CN1CCC[C@](C)(O)C1. The topological polar surface area (TPSA) is 61.1 Å². The molecule has 1 atom stereocenters. The van der Waals surface area contributed by atoms with Crippen LogP contribution < -0.4 is 0 Å². The van der Waals surface area contributed by atoms with Gasteiger partial charge >= 0.3 is 0 Å². The minimum atomic E-state index is -0.687. The van der Waals surface area contributed by atoms with Gasteiger partial charge in [-0.25, -0.2) is 4.98 Å². The molecule has 6 nitrogen and oxygen atoms in total. The maximum absolute atomic E-state index is 13.3. The Morgan fingerprint density at radius 3 is 2.72 bits per heavy atom. The standard InChI is InChI=1S/C23H28N4O2/c1-23(29)12-8-13-26(17-23)16-19-21(24-20-11-6-7-14-27(19)20)22(28)25(2)15-18-9-4-3-5-10-18/h3-7,9-11,14,29H,8,12-13,15-17H2,1-2H3/t23-/m0/s1. The lowest BCUT2D eigenvalue weighted by Crippen LogP contribution is -2.45. The predicted octanol–water partition coefficient (Wildman–Crippen LogP) is 2.95. The van der Waals surface area contributed by atoms with E-state index in [9.17, 15) is 9.90 Å². The van der Waals surface area contributed by atoms with E-state index in [1.165, 1.54) is 0 Å². The van der Waals surface area contributed by atoms with Gasteiger partial charge in [0, 0.05) is 32.9 Å². The van der Waals surface area contributed by atoms with Crippen LogP contribution in [0.25, 0.3) is 5.65 Å². The van der Waals surface area contributed by atoms with E-state index in [2.05, 4.69) is 9.88 Å². The lowest BCUT2D eigenvalue weighted by atomic mass is 9.95. The summed E-state index contributed by atoms with van der Waals surface area (Å²) in [6.07, 6.45) is 3.71. The third kappa shape index (κ3) is 4.33. The second-order valence-electron chi connectivity index (χ2n) is 8.29. The number of amides is 1. The van der Waals surface area contributed by atoms with Gasteiger partial charge in [0.05, 0.1) is 11.3 Å². The number of rotatable bonds is 5. The molecule has 1 saturated heterocycles. The van der Waals surface area contributed by atoms with Gasteiger partial charge in [-0.2, -0.15) is 0 Å². The molecule has 1 amide bonds. The number of pyridine rings is 1. The zero-order valence-electron chi connectivity index (χ0n) is 17.1. The molecule has 6 heteroatoms. The average molecular weight is 393 g/mol. The Morgan fingerprint density at radius 2 is 1.97 bits per heavy atom. The van der Waals surface area contributed by atoms with E-state index in [-0.39, 0.29) is 5.91 Å². The minimum Gasteiger partial charge on any atom is -0.389 e. The van der Waals surface area contributed by atoms with Crippen molar-refractivity contribution >= 4 is 11.6 Å². The summed E-state index contributed by atoms with van der Waals surface area (Å²) in [6, 6.07) is 15.8. The second-order valence-corrected chi connectivity index (χ2v) is 8.29. The number of β-amino-alcohol motifs (C(OH)–C–C–N with tert-alkyl or cyclic N) is 1. The Labute approximate surface area is 171 Å². The van der Waals surface area contributed by atoms with Gasteiger partial charge in [0.15, 0.2) is 5.69 Å². The van der Waals surface area contributed by atoms with Gasteiger partial charge in [0.1, 0.15) is 5.65 Å². The van der Waals surface area contributed by atoms with Crippen molar-refractivity contribution in [2.24, 2.45) is 0 Å². The van der Waals surface area contributed by atoms with Crippen molar-refractivity contribution in [1.29, 1.82) is 0 Å². The van der Waals surface area contributed by atoms with Crippen molar-refractivity contribution in [1.82, 2.24) is 19.2 Å². The Bertz CT molecular complexity index is 997. The van der Waals surface area contributed by atoms with E-state index in [4.69, 9.17) is 0 Å². The van der Waals surface area contributed by atoms with Crippen molar-refractivity contribution in [2.45, 2.75) is 38.5 Å². The smallest absolute Gasteiger partial charge is 0.274 e. The fraction of sp³-hybridized carbons (Fsp3) is 0.391. The molecule has 0 aliphatic carbocycles. The maximum Gasteiger partial charge on any atom is 0.274 e. The molecule has 1 fully saturated rings. The third-order valence-electron chi connectivity index (χ3n) is 5.57. The largest absolute Gasteiger partial charge is 0.389 e. The van der Waals surface area contributed by atoms with Crippen LogP contribution >= 0.6 is 0 Å². The summed E-state index contributed by atoms with van der Waals surface area (Å²) in [6.45, 7) is 4.50. The van der Waals surface area contributed by atoms with Gasteiger partial charge in [-0.1, -0.05) is 36.4 Å². The van der Waals surface area contributed by atoms with Crippen LogP contribution in [-0.2, 0) is 13.1 Å². The summed E-state index contributed by atoms with van der Waals surface area (Å²) in [5.41, 5.74) is 2.53. The maximum atomic E-state index is 13.3. The Kier molecular flexibility index (Phi) is 5.39. The van der Waals surface area contributed by atoms with Crippen LogP contribution in [0.3, 0.4) is 0 Å². The quantitative estimate of drug-likeness (QED) is 0.725. The van der Waals surface area contributed by atoms with Crippen LogP contribution in [0.15, 0.2) is 54.7 Å². The molecule has 1 aliphatic heterocycles. The van der Waals surface area contributed by atoms with Crippen molar-refractivity contribution in [3.05, 3.63) is 71.7 Å². The van der Waals surface area contributed by atoms with E-state index in [0.717, 1.165) is 36.3 Å². The number of imidazole rings is 1. The lowest BCUT2D eigenvalue weighted by molar-refractivity contribution is -0.0186. The average Bonchev–Trinajstić information content (AvgIpc) is 3.06. The normalized spacial score (nSPS) is 20.1. The molecular formula is C23H28N4O2. The molecule has 0 radical (unpaired) electrons. The summed E-state index contributed by atoms with van der Waals surface area (Å²) in [4.78, 5) is 21.9. The van der Waals surface area contributed by atoms with Gasteiger partial charge in [0.25, 0.3) is 5.91 Å². The first-order chi connectivity index (χ1) is 13.9. The van der Waals surface area contributed by atoms with Crippen molar-refractivity contribution in [3.8, 4) is 0 Å². The van der Waals surface area contributed by atoms with Gasteiger partial charge in [0.2, 0.25) is 0 Å². The number of aromatic nitrogens is 2. The molecule has 29 heavy (non-hydrogen) atoms. The van der Waals surface area contributed by atoms with Crippen molar-refractivity contribution in [3.63, 3.8) is 0 Å². The summed E-state index contributed by atoms with van der Waals surface area (Å²) >= 11 is 0. The van der Waals surface area contributed by atoms with E-state index < -0.39 is 5.60 Å². The number of benzene rings is 1. The van der Waals surface area contributed by atoms with Crippen LogP contribution in [0.1, 0.15) is 41.5 Å². The van der Waals surface area contributed by atoms with Gasteiger partial charge in [-0.05, 0) is 44.0 Å².